The predicted molar refractivity (Wildman–Crippen MR) is 87.4 cm³/mol. The van der Waals surface area contributed by atoms with Gasteiger partial charge in [-0.05, 0) is 40.2 Å². The van der Waals surface area contributed by atoms with Crippen molar-refractivity contribution < 1.29 is 14.1 Å². The summed E-state index contributed by atoms with van der Waals surface area (Å²) in [5.41, 5.74) is 1.77. The first-order valence-corrected chi connectivity index (χ1v) is 8.22. The van der Waals surface area contributed by atoms with Gasteiger partial charge in [0.25, 0.3) is 0 Å². The average molecular weight is 324 g/mol. The molecular weight excluding hydrogens is 296 g/mol. The molecule has 2 N–H and O–H groups in total. The molecule has 2 atom stereocenters. The number of amides is 2. The normalized spacial score (nSPS) is 20.3. The Morgan fingerprint density at radius 2 is 2.30 bits per heavy atom. The molecule has 0 spiro atoms. The first kappa shape index (κ1) is 17.7. The van der Waals surface area contributed by atoms with Gasteiger partial charge in [0.15, 0.2) is 0 Å². The number of nitrogens with one attached hydrogen (secondary N) is 2. The topological polar surface area (TPSA) is 79.6 Å². The molecule has 2 rings (SSSR count). The Hall–Kier alpha value is -1.60. The fraction of sp³-hybridized carbons (Fsp3) is 0.750. The molecule has 0 bridgehead atoms. The Morgan fingerprint density at radius 1 is 1.52 bits per heavy atom. The van der Waals surface area contributed by atoms with E-state index in [1.54, 1.807) is 7.11 Å². The predicted octanol–water partition coefficient (Wildman–Crippen LogP) is 1.76. The number of methoxy groups -OCH3 is 1. The zero-order valence-electron chi connectivity index (χ0n) is 14.5. The number of hydrogen-bond donors (Lipinski definition) is 2. The number of piperidine rings is 1. The second kappa shape index (κ2) is 8.31. The van der Waals surface area contributed by atoms with Crippen LogP contribution in [0.1, 0.15) is 42.8 Å². The molecule has 1 saturated heterocycles. The number of urea groups is 1. The van der Waals surface area contributed by atoms with Crippen LogP contribution in [0.2, 0.25) is 0 Å². The molecule has 0 radical (unpaired) electrons. The smallest absolute Gasteiger partial charge is 0.315 e. The van der Waals surface area contributed by atoms with Gasteiger partial charge in [0.2, 0.25) is 0 Å². The molecule has 23 heavy (non-hydrogen) atoms. The van der Waals surface area contributed by atoms with Crippen LogP contribution in [-0.4, -0.2) is 55.5 Å². The van der Waals surface area contributed by atoms with Crippen LogP contribution in [0.15, 0.2) is 4.52 Å². The van der Waals surface area contributed by atoms with Crippen molar-refractivity contribution in [1.29, 1.82) is 0 Å². The number of aryl methyl sites for hydroxylation is 2. The van der Waals surface area contributed by atoms with Crippen LogP contribution >= 0.6 is 0 Å². The Kier molecular flexibility index (Phi) is 6.41. The number of hydrogen-bond acceptors (Lipinski definition) is 5. The summed E-state index contributed by atoms with van der Waals surface area (Å²) in [6.45, 7) is 9.26. The molecular formula is C16H28N4O3. The highest BCUT2D eigenvalue weighted by atomic mass is 16.5. The number of rotatable bonds is 6. The fourth-order valence-electron chi connectivity index (χ4n) is 3.20. The average Bonchev–Trinajstić information content (AvgIpc) is 2.84. The summed E-state index contributed by atoms with van der Waals surface area (Å²) in [7, 11) is 1.71. The van der Waals surface area contributed by atoms with Crippen molar-refractivity contribution in [3.8, 4) is 0 Å². The molecule has 7 heteroatoms. The number of aromatic nitrogens is 1. The maximum Gasteiger partial charge on any atom is 0.315 e. The van der Waals surface area contributed by atoms with Crippen LogP contribution in [0.3, 0.4) is 0 Å². The summed E-state index contributed by atoms with van der Waals surface area (Å²) in [5, 5.41) is 9.98. The van der Waals surface area contributed by atoms with Gasteiger partial charge < -0.3 is 19.9 Å². The van der Waals surface area contributed by atoms with Crippen molar-refractivity contribution in [2.24, 2.45) is 0 Å². The number of carbonyl (C=O) groups excluding carboxylic acids is 1. The SMILES string of the molecule is COCCN1CCC[C@@H](NC(=O)N[C@H](C)c2c(C)noc2C)C1. The van der Waals surface area contributed by atoms with Gasteiger partial charge in [-0.15, -0.1) is 0 Å². The molecule has 1 aromatic rings. The van der Waals surface area contributed by atoms with Crippen molar-refractivity contribution in [2.45, 2.75) is 45.7 Å². The monoisotopic (exact) mass is 324 g/mol. The second-order valence-corrected chi connectivity index (χ2v) is 6.21. The van der Waals surface area contributed by atoms with Crippen molar-refractivity contribution >= 4 is 6.03 Å². The third kappa shape index (κ3) is 4.94. The van der Waals surface area contributed by atoms with E-state index in [0.29, 0.717) is 0 Å². The second-order valence-electron chi connectivity index (χ2n) is 6.21. The van der Waals surface area contributed by atoms with E-state index in [4.69, 9.17) is 9.26 Å². The summed E-state index contributed by atoms with van der Waals surface area (Å²) in [6, 6.07) is -0.0944. The van der Waals surface area contributed by atoms with Crippen LogP contribution in [0.25, 0.3) is 0 Å². The van der Waals surface area contributed by atoms with E-state index < -0.39 is 0 Å². The van der Waals surface area contributed by atoms with E-state index in [2.05, 4.69) is 20.7 Å². The molecule has 7 nitrogen and oxygen atoms in total. The van der Waals surface area contributed by atoms with Crippen molar-refractivity contribution in [3.63, 3.8) is 0 Å². The lowest BCUT2D eigenvalue weighted by Gasteiger charge is -2.33. The minimum Gasteiger partial charge on any atom is -0.383 e. The lowest BCUT2D eigenvalue weighted by atomic mass is 10.1. The van der Waals surface area contributed by atoms with Gasteiger partial charge in [0.1, 0.15) is 5.76 Å². The van der Waals surface area contributed by atoms with Gasteiger partial charge in [0.05, 0.1) is 18.3 Å². The number of ether oxygens (including phenoxy) is 1. The molecule has 0 aromatic carbocycles. The summed E-state index contributed by atoms with van der Waals surface area (Å²) in [6.07, 6.45) is 2.10. The molecule has 130 valence electrons. The van der Waals surface area contributed by atoms with Crippen molar-refractivity contribution in [3.05, 3.63) is 17.0 Å². The highest BCUT2D eigenvalue weighted by Gasteiger charge is 2.23. The van der Waals surface area contributed by atoms with E-state index >= 15 is 0 Å². The molecule has 1 fully saturated rings. The number of nitrogens with zero attached hydrogens (tertiary/aromatic N) is 2. The minimum absolute atomic E-state index is 0.130. The van der Waals surface area contributed by atoms with Crippen LogP contribution in [0.5, 0.6) is 0 Å². The van der Waals surface area contributed by atoms with Gasteiger partial charge in [0, 0.05) is 31.8 Å². The van der Waals surface area contributed by atoms with Crippen LogP contribution in [-0.2, 0) is 4.74 Å². The Balaban J connectivity index is 1.82. The first-order valence-electron chi connectivity index (χ1n) is 8.22. The Morgan fingerprint density at radius 3 is 2.96 bits per heavy atom. The summed E-state index contributed by atoms with van der Waals surface area (Å²) in [5.74, 6) is 0.749. The third-order valence-corrected chi connectivity index (χ3v) is 4.32. The van der Waals surface area contributed by atoms with E-state index in [0.717, 1.165) is 56.1 Å². The Labute approximate surface area is 137 Å². The zero-order valence-corrected chi connectivity index (χ0v) is 14.5. The first-order chi connectivity index (χ1) is 11.0. The van der Waals surface area contributed by atoms with Gasteiger partial charge in [-0.1, -0.05) is 5.16 Å². The fourth-order valence-corrected chi connectivity index (χ4v) is 3.20. The molecule has 0 saturated carbocycles. The largest absolute Gasteiger partial charge is 0.383 e. The molecule has 0 unspecified atom stereocenters. The summed E-state index contributed by atoms with van der Waals surface area (Å²) in [4.78, 5) is 14.6. The zero-order chi connectivity index (χ0) is 16.8. The molecule has 0 aliphatic carbocycles. The third-order valence-electron chi connectivity index (χ3n) is 4.32. The maximum absolute atomic E-state index is 12.2. The lowest BCUT2D eigenvalue weighted by molar-refractivity contribution is 0.123. The quantitative estimate of drug-likeness (QED) is 0.833. The summed E-state index contributed by atoms with van der Waals surface area (Å²) < 4.78 is 10.3. The van der Waals surface area contributed by atoms with Crippen LogP contribution in [0.4, 0.5) is 4.79 Å². The van der Waals surface area contributed by atoms with Gasteiger partial charge in [-0.25, -0.2) is 4.79 Å². The van der Waals surface area contributed by atoms with E-state index in [9.17, 15) is 4.79 Å². The number of carbonyl (C=O) groups is 1. The molecule has 2 heterocycles. The van der Waals surface area contributed by atoms with E-state index in [-0.39, 0.29) is 18.1 Å². The Bertz CT molecular complexity index is 498. The van der Waals surface area contributed by atoms with Gasteiger partial charge >= 0.3 is 6.03 Å². The molecule has 1 aliphatic rings. The molecule has 2 amide bonds. The summed E-state index contributed by atoms with van der Waals surface area (Å²) >= 11 is 0. The van der Waals surface area contributed by atoms with Crippen LogP contribution in [0, 0.1) is 13.8 Å². The number of likely N-dealkylation sites (tertiary alicyclic amines) is 1. The van der Waals surface area contributed by atoms with E-state index in [1.165, 1.54) is 0 Å². The standard InChI is InChI=1S/C16H28N4O3/c1-11(15-12(2)19-23-13(15)3)17-16(21)18-14-6-5-7-20(10-14)8-9-22-4/h11,14H,5-10H2,1-4H3,(H2,17,18,21)/t11-,14-/m1/s1. The highest BCUT2D eigenvalue weighted by molar-refractivity contribution is 5.74. The van der Waals surface area contributed by atoms with E-state index in [1.807, 2.05) is 20.8 Å². The van der Waals surface area contributed by atoms with Crippen molar-refractivity contribution in [2.75, 3.05) is 33.4 Å². The van der Waals surface area contributed by atoms with Gasteiger partial charge in [-0.3, -0.25) is 4.90 Å². The van der Waals surface area contributed by atoms with Gasteiger partial charge in [-0.2, -0.15) is 0 Å². The molecule has 1 aliphatic heterocycles. The van der Waals surface area contributed by atoms with Crippen molar-refractivity contribution in [1.82, 2.24) is 20.7 Å². The molecule has 1 aromatic heterocycles. The van der Waals surface area contributed by atoms with Crippen LogP contribution < -0.4 is 10.6 Å². The minimum atomic E-state index is -0.143. The lowest BCUT2D eigenvalue weighted by Crippen LogP contribution is -2.51. The highest BCUT2D eigenvalue weighted by Crippen LogP contribution is 2.20. The maximum atomic E-state index is 12.2.